The van der Waals surface area contributed by atoms with Gasteiger partial charge in [0.2, 0.25) is 5.91 Å². The number of hydrazine groups is 1. The molecule has 2 aliphatic heterocycles. The summed E-state index contributed by atoms with van der Waals surface area (Å²) in [6.45, 7) is 3.15. The fraction of sp³-hybridized carbons (Fsp3) is 0.579. The van der Waals surface area contributed by atoms with Crippen molar-refractivity contribution in [3.05, 3.63) is 29.8 Å². The number of benzene rings is 1. The second kappa shape index (κ2) is 7.82. The van der Waals surface area contributed by atoms with Crippen LogP contribution in [0.1, 0.15) is 32.3 Å². The maximum Gasteiger partial charge on any atom is 0.421 e. The number of carbonyl (C=O) groups is 1. The highest BCUT2D eigenvalue weighted by Gasteiger charge is 2.51. The summed E-state index contributed by atoms with van der Waals surface area (Å²) in [5, 5.41) is 26.7. The first-order valence-corrected chi connectivity index (χ1v) is 9.41. The van der Waals surface area contributed by atoms with Crippen LogP contribution in [0.5, 0.6) is 0 Å². The third-order valence-electron chi connectivity index (χ3n) is 5.64. The van der Waals surface area contributed by atoms with Crippen LogP contribution in [0, 0.1) is 17.2 Å². The van der Waals surface area contributed by atoms with Crippen LogP contribution in [0.4, 0.5) is 18.9 Å². The highest BCUT2D eigenvalue weighted by molar-refractivity contribution is 5.82. The third-order valence-corrected chi connectivity index (χ3v) is 5.64. The molecule has 5 unspecified atom stereocenters. The van der Waals surface area contributed by atoms with Crippen molar-refractivity contribution >= 4 is 11.6 Å². The molecule has 3 rings (SSSR count). The first kappa shape index (κ1) is 21.4. The zero-order chi connectivity index (χ0) is 21.4. The van der Waals surface area contributed by atoms with Gasteiger partial charge in [0.25, 0.3) is 0 Å². The minimum atomic E-state index is -4.79. The van der Waals surface area contributed by atoms with Crippen LogP contribution < -0.4 is 16.1 Å². The Labute approximate surface area is 166 Å². The average molecular weight is 411 g/mol. The third kappa shape index (κ3) is 4.03. The number of carbonyl (C=O) groups excluding carboxylic acids is 1. The number of halogens is 3. The lowest BCUT2D eigenvalue weighted by atomic mass is 9.90. The molecule has 2 heterocycles. The molecule has 0 aromatic heterocycles. The molecule has 29 heavy (non-hydrogen) atoms. The Morgan fingerprint density at radius 3 is 2.62 bits per heavy atom. The van der Waals surface area contributed by atoms with Crippen LogP contribution in [0.25, 0.3) is 0 Å². The normalized spacial score (nSPS) is 28.0. The van der Waals surface area contributed by atoms with E-state index in [1.807, 2.05) is 11.9 Å². The van der Waals surface area contributed by atoms with Crippen LogP contribution in [0.3, 0.4) is 0 Å². The lowest BCUT2D eigenvalue weighted by Crippen LogP contribution is -2.51. The number of hydrogen-bond donors (Lipinski definition) is 4. The summed E-state index contributed by atoms with van der Waals surface area (Å²) >= 11 is 0. The standard InChI is InChI=1S/C19H24F3N5O2/c1-11(7-9-23)27-14-8-10-24-17(28)15(14)16(26-27)25-13-5-3-12(4-6-13)18(2,29)19(20,21)22/h3-6,11,14-16,25-26,29H,7-8,10H2,1-2H3,(H,24,28). The smallest absolute Gasteiger partial charge is 0.376 e. The molecule has 2 saturated heterocycles. The van der Waals surface area contributed by atoms with Crippen molar-refractivity contribution in [2.45, 2.75) is 56.7 Å². The summed E-state index contributed by atoms with van der Waals surface area (Å²) < 4.78 is 39.0. The molecule has 5 atom stereocenters. The molecule has 7 nitrogen and oxygen atoms in total. The van der Waals surface area contributed by atoms with Crippen LogP contribution in [-0.4, -0.2) is 47.0 Å². The van der Waals surface area contributed by atoms with Gasteiger partial charge in [0.15, 0.2) is 5.60 Å². The van der Waals surface area contributed by atoms with E-state index < -0.39 is 23.9 Å². The predicted octanol–water partition coefficient (Wildman–Crippen LogP) is 1.82. The van der Waals surface area contributed by atoms with Crippen molar-refractivity contribution in [2.75, 3.05) is 11.9 Å². The van der Waals surface area contributed by atoms with Crippen LogP contribution in [0.15, 0.2) is 24.3 Å². The van der Waals surface area contributed by atoms with Gasteiger partial charge in [-0.15, -0.1) is 0 Å². The van der Waals surface area contributed by atoms with E-state index in [2.05, 4.69) is 22.1 Å². The van der Waals surface area contributed by atoms with Crippen LogP contribution in [0.2, 0.25) is 0 Å². The summed E-state index contributed by atoms with van der Waals surface area (Å²) in [7, 11) is 0. The summed E-state index contributed by atoms with van der Waals surface area (Å²) in [5.74, 6) is -0.530. The molecule has 2 fully saturated rings. The highest BCUT2D eigenvalue weighted by Crippen LogP contribution is 2.39. The molecule has 0 radical (unpaired) electrons. The Kier molecular flexibility index (Phi) is 5.76. The number of nitrogens with zero attached hydrogens (tertiary/aromatic N) is 2. The van der Waals surface area contributed by atoms with E-state index in [1.54, 1.807) is 0 Å². The fourth-order valence-electron chi connectivity index (χ4n) is 3.88. The second-order valence-corrected chi connectivity index (χ2v) is 7.69. The van der Waals surface area contributed by atoms with Crippen molar-refractivity contribution in [3.8, 4) is 6.07 Å². The van der Waals surface area contributed by atoms with Crippen molar-refractivity contribution in [1.29, 1.82) is 5.26 Å². The lowest BCUT2D eigenvalue weighted by molar-refractivity contribution is -0.258. The minimum absolute atomic E-state index is 0.0881. The van der Waals surface area contributed by atoms with Gasteiger partial charge in [-0.25, -0.2) is 10.4 Å². The number of fused-ring (bicyclic) bond motifs is 1. The maximum atomic E-state index is 13.0. The van der Waals surface area contributed by atoms with Crippen molar-refractivity contribution in [3.63, 3.8) is 0 Å². The van der Waals surface area contributed by atoms with Crippen LogP contribution in [-0.2, 0) is 10.4 Å². The monoisotopic (exact) mass is 411 g/mol. The zero-order valence-corrected chi connectivity index (χ0v) is 16.1. The van der Waals surface area contributed by atoms with Gasteiger partial charge in [0, 0.05) is 24.3 Å². The van der Waals surface area contributed by atoms with E-state index in [1.165, 1.54) is 24.3 Å². The Morgan fingerprint density at radius 1 is 1.38 bits per heavy atom. The number of aliphatic hydroxyl groups is 1. The summed E-state index contributed by atoms with van der Waals surface area (Å²) in [6.07, 6.45) is -4.24. The van der Waals surface area contributed by atoms with Crippen molar-refractivity contribution in [1.82, 2.24) is 15.8 Å². The average Bonchev–Trinajstić information content (AvgIpc) is 3.01. The number of anilines is 1. The number of piperidine rings is 1. The van der Waals surface area contributed by atoms with Gasteiger partial charge in [0.05, 0.1) is 18.4 Å². The van der Waals surface area contributed by atoms with Gasteiger partial charge in [-0.05, 0) is 38.0 Å². The van der Waals surface area contributed by atoms with Gasteiger partial charge in [-0.1, -0.05) is 12.1 Å². The quantitative estimate of drug-likeness (QED) is 0.590. The van der Waals surface area contributed by atoms with Crippen molar-refractivity contribution < 1.29 is 23.1 Å². The molecule has 0 bridgehead atoms. The fourth-order valence-corrected chi connectivity index (χ4v) is 3.88. The van der Waals surface area contributed by atoms with E-state index in [0.717, 1.165) is 6.42 Å². The Hall–Kier alpha value is -2.35. The number of rotatable bonds is 5. The second-order valence-electron chi connectivity index (χ2n) is 7.69. The van der Waals surface area contributed by atoms with Gasteiger partial charge in [-0.3, -0.25) is 4.79 Å². The lowest BCUT2D eigenvalue weighted by Gasteiger charge is -2.33. The number of nitriles is 1. The van der Waals surface area contributed by atoms with E-state index >= 15 is 0 Å². The Morgan fingerprint density at radius 2 is 2.03 bits per heavy atom. The SMILES string of the molecule is CC(CC#N)N1NC(Nc2ccc(C(C)(O)C(F)(F)F)cc2)C2C(=O)NCCC21. The molecule has 1 amide bonds. The number of nitrogens with one attached hydrogen (secondary N) is 3. The number of hydrogen-bond acceptors (Lipinski definition) is 6. The Bertz CT molecular complexity index is 791. The molecular weight excluding hydrogens is 387 g/mol. The first-order valence-electron chi connectivity index (χ1n) is 9.41. The molecule has 0 aliphatic carbocycles. The molecule has 10 heteroatoms. The Balaban J connectivity index is 1.78. The summed E-state index contributed by atoms with van der Waals surface area (Å²) in [5.41, 5.74) is 0.537. The molecular formula is C19H24F3N5O2. The van der Waals surface area contributed by atoms with E-state index in [0.29, 0.717) is 25.6 Å². The molecule has 0 spiro atoms. The molecule has 4 N–H and O–H groups in total. The van der Waals surface area contributed by atoms with Gasteiger partial charge >= 0.3 is 6.18 Å². The van der Waals surface area contributed by atoms with Gasteiger partial charge in [0.1, 0.15) is 6.17 Å². The molecule has 2 aliphatic rings. The predicted molar refractivity (Wildman–Crippen MR) is 99.0 cm³/mol. The number of amides is 1. The van der Waals surface area contributed by atoms with Gasteiger partial charge < -0.3 is 15.7 Å². The molecule has 158 valence electrons. The van der Waals surface area contributed by atoms with E-state index in [-0.39, 0.29) is 23.6 Å². The maximum absolute atomic E-state index is 13.0. The highest BCUT2D eigenvalue weighted by atomic mass is 19.4. The number of alkyl halides is 3. The largest absolute Gasteiger partial charge is 0.421 e. The van der Waals surface area contributed by atoms with Crippen molar-refractivity contribution in [2.24, 2.45) is 5.92 Å². The topological polar surface area (TPSA) is 100 Å². The van der Waals surface area contributed by atoms with E-state index in [9.17, 15) is 23.1 Å². The minimum Gasteiger partial charge on any atom is -0.376 e. The van der Waals surface area contributed by atoms with Gasteiger partial charge in [-0.2, -0.15) is 18.4 Å². The van der Waals surface area contributed by atoms with E-state index in [4.69, 9.17) is 5.26 Å². The zero-order valence-electron chi connectivity index (χ0n) is 16.1. The molecule has 0 saturated carbocycles. The van der Waals surface area contributed by atoms with Crippen LogP contribution >= 0.6 is 0 Å². The molecule has 1 aromatic carbocycles. The summed E-state index contributed by atoms with van der Waals surface area (Å²) in [6, 6.07) is 7.23. The first-order chi connectivity index (χ1) is 13.6. The summed E-state index contributed by atoms with van der Waals surface area (Å²) in [4.78, 5) is 12.5. The molecule has 1 aromatic rings.